The van der Waals surface area contributed by atoms with E-state index in [0.717, 1.165) is 33.3 Å². The highest BCUT2D eigenvalue weighted by atomic mass is 32.2. The zero-order chi connectivity index (χ0) is 15.2. The first-order valence-corrected chi connectivity index (χ1v) is 7.69. The molecule has 0 radical (unpaired) electrons. The van der Waals surface area contributed by atoms with Crippen LogP contribution in [0.5, 0.6) is 11.5 Å². The third kappa shape index (κ3) is 4.16. The minimum atomic E-state index is 0.0798. The average Bonchev–Trinajstić information content (AvgIpc) is 2.48. The van der Waals surface area contributed by atoms with Crippen molar-refractivity contribution in [2.24, 2.45) is 5.73 Å². The first-order valence-electron chi connectivity index (χ1n) is 6.87. The van der Waals surface area contributed by atoms with Crippen LogP contribution in [0.15, 0.2) is 52.3 Å². The summed E-state index contributed by atoms with van der Waals surface area (Å²) in [5.41, 5.74) is 6.97. The van der Waals surface area contributed by atoms with Crippen LogP contribution in [0.3, 0.4) is 0 Å². The smallest absolute Gasteiger partial charge is 0.133 e. The van der Waals surface area contributed by atoms with Crippen molar-refractivity contribution in [1.29, 1.82) is 0 Å². The lowest BCUT2D eigenvalue weighted by Gasteiger charge is -2.16. The van der Waals surface area contributed by atoms with Crippen molar-refractivity contribution in [3.63, 3.8) is 0 Å². The fraction of sp³-hybridized carbons (Fsp3) is 0.294. The van der Waals surface area contributed by atoms with Gasteiger partial charge < -0.3 is 15.2 Å². The van der Waals surface area contributed by atoms with Gasteiger partial charge in [-0.15, -0.1) is 0 Å². The SMILES string of the molecule is COc1cc(Sc2ccccc2)c(OC)[13cH]c1CC(C)N. The standard InChI is InChI=1S/C17H21NO2S/c1-12(18)9-13-10-16(20-3)17(11-15(13)19-2)21-14-7-5-4-6-8-14/h4-8,10-12H,9,18H2,1-3H3/i10+1. The Morgan fingerprint density at radius 2 is 1.71 bits per heavy atom. The van der Waals surface area contributed by atoms with Crippen molar-refractivity contribution in [1.82, 2.24) is 0 Å². The van der Waals surface area contributed by atoms with E-state index in [0.29, 0.717) is 0 Å². The molecule has 0 aliphatic carbocycles. The van der Waals surface area contributed by atoms with Gasteiger partial charge >= 0.3 is 0 Å². The van der Waals surface area contributed by atoms with Crippen molar-refractivity contribution >= 4 is 11.8 Å². The van der Waals surface area contributed by atoms with E-state index < -0.39 is 0 Å². The molecule has 0 aromatic heterocycles. The normalized spacial score (nSPS) is 12.0. The molecular weight excluding hydrogens is 283 g/mol. The molecule has 3 nitrogen and oxygen atoms in total. The summed E-state index contributed by atoms with van der Waals surface area (Å²) in [4.78, 5) is 2.20. The lowest BCUT2D eigenvalue weighted by molar-refractivity contribution is 0.389. The summed E-state index contributed by atoms with van der Waals surface area (Å²) >= 11 is 1.66. The molecule has 0 aliphatic heterocycles. The van der Waals surface area contributed by atoms with E-state index in [9.17, 15) is 0 Å². The van der Waals surface area contributed by atoms with Crippen molar-refractivity contribution in [2.75, 3.05) is 14.2 Å². The summed E-state index contributed by atoms with van der Waals surface area (Å²) in [5.74, 6) is 1.70. The number of ether oxygens (including phenoxy) is 2. The van der Waals surface area contributed by atoms with Crippen LogP contribution in [0.4, 0.5) is 0 Å². The van der Waals surface area contributed by atoms with E-state index in [4.69, 9.17) is 15.2 Å². The van der Waals surface area contributed by atoms with Gasteiger partial charge in [0.2, 0.25) is 0 Å². The molecule has 0 saturated heterocycles. The molecule has 0 fully saturated rings. The van der Waals surface area contributed by atoms with Crippen molar-refractivity contribution in [3.8, 4) is 11.5 Å². The second-order valence-corrected chi connectivity index (χ2v) is 6.03. The van der Waals surface area contributed by atoms with Gasteiger partial charge in [-0.05, 0) is 43.2 Å². The van der Waals surface area contributed by atoms with E-state index in [1.165, 1.54) is 0 Å². The molecule has 4 heteroatoms. The highest BCUT2D eigenvalue weighted by Crippen LogP contribution is 2.39. The quantitative estimate of drug-likeness (QED) is 0.883. The van der Waals surface area contributed by atoms with Crippen LogP contribution in [0.2, 0.25) is 0 Å². The number of hydrogen-bond acceptors (Lipinski definition) is 4. The third-order valence-electron chi connectivity index (χ3n) is 3.08. The Morgan fingerprint density at radius 1 is 1.05 bits per heavy atom. The van der Waals surface area contributed by atoms with E-state index in [-0.39, 0.29) is 6.04 Å². The minimum Gasteiger partial charge on any atom is -0.496 e. The van der Waals surface area contributed by atoms with Crippen LogP contribution in [0.1, 0.15) is 12.5 Å². The predicted molar refractivity (Wildman–Crippen MR) is 87.5 cm³/mol. The molecule has 21 heavy (non-hydrogen) atoms. The largest absolute Gasteiger partial charge is 0.496 e. The molecule has 0 aliphatic rings. The molecule has 0 spiro atoms. The first kappa shape index (κ1) is 15.7. The molecular formula is C17H21NO2S. The molecule has 2 rings (SSSR count). The third-order valence-corrected chi connectivity index (χ3v) is 4.13. The van der Waals surface area contributed by atoms with Crippen LogP contribution >= 0.6 is 11.8 Å². The van der Waals surface area contributed by atoms with Crippen LogP contribution < -0.4 is 15.2 Å². The van der Waals surface area contributed by atoms with Crippen LogP contribution in [-0.4, -0.2) is 20.3 Å². The Labute approximate surface area is 130 Å². The summed E-state index contributed by atoms with van der Waals surface area (Å²) in [6.07, 6.45) is 0.760. The predicted octanol–water partition coefficient (Wildman–Crippen LogP) is 3.74. The minimum absolute atomic E-state index is 0.0798. The molecule has 2 aromatic rings. The summed E-state index contributed by atoms with van der Waals surface area (Å²) in [6, 6.07) is 14.3. The summed E-state index contributed by atoms with van der Waals surface area (Å²) in [6.45, 7) is 1.98. The first-order chi connectivity index (χ1) is 10.1. The van der Waals surface area contributed by atoms with Gasteiger partial charge in [0, 0.05) is 10.9 Å². The van der Waals surface area contributed by atoms with Crippen LogP contribution in [0.25, 0.3) is 0 Å². The molecule has 0 amide bonds. The fourth-order valence-corrected chi connectivity index (χ4v) is 3.09. The summed E-state index contributed by atoms with van der Waals surface area (Å²) < 4.78 is 11.0. The highest BCUT2D eigenvalue weighted by molar-refractivity contribution is 7.99. The van der Waals surface area contributed by atoms with E-state index in [1.807, 2.05) is 37.3 Å². The molecule has 1 atom stereocenters. The van der Waals surface area contributed by atoms with Gasteiger partial charge in [-0.1, -0.05) is 30.0 Å². The van der Waals surface area contributed by atoms with Gasteiger partial charge in [0.1, 0.15) is 11.5 Å². The monoisotopic (exact) mass is 304 g/mol. The Balaban J connectivity index is 2.36. The molecule has 0 saturated carbocycles. The van der Waals surface area contributed by atoms with Crippen molar-refractivity contribution < 1.29 is 9.47 Å². The number of nitrogens with two attached hydrogens (primary N) is 1. The van der Waals surface area contributed by atoms with Gasteiger partial charge in [-0.3, -0.25) is 0 Å². The van der Waals surface area contributed by atoms with Gasteiger partial charge in [-0.2, -0.15) is 0 Å². The molecule has 0 bridgehead atoms. The fourth-order valence-electron chi connectivity index (χ4n) is 2.13. The Hall–Kier alpha value is -1.65. The van der Waals surface area contributed by atoms with Crippen LogP contribution in [0, 0.1) is 0 Å². The number of rotatable bonds is 6. The maximum Gasteiger partial charge on any atom is 0.133 e. The second-order valence-electron chi connectivity index (χ2n) is 4.91. The van der Waals surface area contributed by atoms with Crippen LogP contribution in [-0.2, 0) is 6.42 Å². The molecule has 112 valence electrons. The molecule has 2 aromatic carbocycles. The summed E-state index contributed by atoms with van der Waals surface area (Å²) in [5, 5.41) is 0. The molecule has 1 unspecified atom stereocenters. The maximum absolute atomic E-state index is 5.90. The lowest BCUT2D eigenvalue weighted by Crippen LogP contribution is -2.18. The van der Waals surface area contributed by atoms with Crippen molar-refractivity contribution in [3.05, 3.63) is 48.0 Å². The van der Waals surface area contributed by atoms with Crippen molar-refractivity contribution in [2.45, 2.75) is 29.2 Å². The Kier molecular flexibility index (Phi) is 5.53. The molecule has 2 N–H and O–H groups in total. The molecule has 0 heterocycles. The lowest BCUT2D eigenvalue weighted by atomic mass is 10.1. The average molecular weight is 304 g/mol. The highest BCUT2D eigenvalue weighted by Gasteiger charge is 2.13. The van der Waals surface area contributed by atoms with Gasteiger partial charge in [-0.25, -0.2) is 0 Å². The second kappa shape index (κ2) is 7.38. The zero-order valence-electron chi connectivity index (χ0n) is 12.6. The van der Waals surface area contributed by atoms with E-state index in [1.54, 1.807) is 26.0 Å². The van der Waals surface area contributed by atoms with Gasteiger partial charge in [0.05, 0.1) is 19.1 Å². The Morgan fingerprint density at radius 3 is 2.29 bits per heavy atom. The zero-order valence-corrected chi connectivity index (χ0v) is 13.4. The summed E-state index contributed by atoms with van der Waals surface area (Å²) in [7, 11) is 3.37. The number of hydrogen-bond donors (Lipinski definition) is 1. The van der Waals surface area contributed by atoms with Gasteiger partial charge in [0.25, 0.3) is 0 Å². The number of methoxy groups -OCH3 is 2. The Bertz CT molecular complexity index is 585. The van der Waals surface area contributed by atoms with Gasteiger partial charge in [0.15, 0.2) is 0 Å². The number of benzene rings is 2. The maximum atomic E-state index is 5.90. The topological polar surface area (TPSA) is 44.5 Å². The van der Waals surface area contributed by atoms with E-state index >= 15 is 0 Å². The van der Waals surface area contributed by atoms with E-state index in [2.05, 4.69) is 12.1 Å².